The maximum absolute atomic E-state index is 14.5. The number of benzene rings is 1. The number of anilines is 2. The number of amides is 1. The Morgan fingerprint density at radius 1 is 1.19 bits per heavy atom. The molecule has 0 aliphatic carbocycles. The maximum Gasteiger partial charge on any atom is 0.257 e. The minimum Gasteiger partial charge on any atom is -0.393 e. The van der Waals surface area contributed by atoms with Gasteiger partial charge in [-0.15, -0.1) is 0 Å². The van der Waals surface area contributed by atoms with Crippen molar-refractivity contribution in [2.24, 2.45) is 5.92 Å². The summed E-state index contributed by atoms with van der Waals surface area (Å²) in [6, 6.07) is 7.86. The lowest BCUT2D eigenvalue weighted by molar-refractivity contribution is 0.0164. The Morgan fingerprint density at radius 3 is 2.88 bits per heavy atom. The van der Waals surface area contributed by atoms with Gasteiger partial charge in [-0.1, -0.05) is 18.5 Å². The minimum atomic E-state index is -0.528. The van der Waals surface area contributed by atoms with Crippen molar-refractivity contribution in [3.8, 4) is 11.3 Å². The van der Waals surface area contributed by atoms with Crippen molar-refractivity contribution in [1.29, 1.82) is 0 Å². The quantitative estimate of drug-likeness (QED) is 0.563. The molecule has 5 rings (SSSR count). The average Bonchev–Trinajstić information content (AvgIpc) is 2.80. The van der Waals surface area contributed by atoms with Crippen molar-refractivity contribution in [1.82, 2.24) is 14.9 Å². The predicted molar refractivity (Wildman–Crippen MR) is 121 cm³/mol. The molecular formula is C24H22ClFN4O2. The highest BCUT2D eigenvalue weighted by Crippen LogP contribution is 2.40. The van der Waals surface area contributed by atoms with Gasteiger partial charge in [-0.25, -0.2) is 4.39 Å². The standard InChI is InChI=1S/C24H22ClFN4O2/c1-13-16-11-28-21(15-8-14(25)2-3-19(15)26)9-22(16)29-20-4-6-27-10-17(20)24(32)30-7-5-23(31)18(13)12-30/h2-4,6,8-11,13,18,23,29,31H,5,7,12H2,1H3. The number of rotatable bonds is 1. The Labute approximate surface area is 190 Å². The van der Waals surface area contributed by atoms with Gasteiger partial charge < -0.3 is 15.3 Å². The number of fused-ring (bicyclic) bond motifs is 4. The molecule has 2 bridgehead atoms. The lowest BCUT2D eigenvalue weighted by atomic mass is 9.79. The van der Waals surface area contributed by atoms with Crippen LogP contribution in [-0.4, -0.2) is 45.1 Å². The van der Waals surface area contributed by atoms with E-state index in [1.165, 1.54) is 12.1 Å². The highest BCUT2D eigenvalue weighted by molar-refractivity contribution is 6.30. The molecule has 32 heavy (non-hydrogen) atoms. The molecule has 164 valence electrons. The Morgan fingerprint density at radius 2 is 2.03 bits per heavy atom. The zero-order valence-corrected chi connectivity index (χ0v) is 18.2. The highest BCUT2D eigenvalue weighted by Gasteiger charge is 2.37. The molecule has 1 amide bonds. The fourth-order valence-corrected chi connectivity index (χ4v) is 4.82. The minimum absolute atomic E-state index is 0.0859. The number of carbonyl (C=O) groups is 1. The molecule has 3 aromatic rings. The third-order valence-electron chi connectivity index (χ3n) is 6.50. The first-order chi connectivity index (χ1) is 15.4. The van der Waals surface area contributed by atoms with Gasteiger partial charge in [-0.2, -0.15) is 0 Å². The molecule has 2 aromatic heterocycles. The molecule has 4 heterocycles. The smallest absolute Gasteiger partial charge is 0.257 e. The summed E-state index contributed by atoms with van der Waals surface area (Å²) < 4.78 is 14.5. The summed E-state index contributed by atoms with van der Waals surface area (Å²) in [5.41, 5.74) is 3.38. The number of aromatic nitrogens is 2. The Bertz CT molecular complexity index is 1200. The van der Waals surface area contributed by atoms with E-state index >= 15 is 0 Å². The third kappa shape index (κ3) is 3.61. The second-order valence-corrected chi connectivity index (χ2v) is 8.82. The van der Waals surface area contributed by atoms with Crippen LogP contribution in [0.1, 0.15) is 35.2 Å². The van der Waals surface area contributed by atoms with E-state index in [0.29, 0.717) is 52.7 Å². The first kappa shape index (κ1) is 20.8. The molecule has 0 saturated carbocycles. The van der Waals surface area contributed by atoms with Crippen molar-refractivity contribution >= 4 is 28.9 Å². The second kappa shape index (κ2) is 8.15. The SMILES string of the molecule is CC1c2cnc(-c3cc(Cl)ccc3F)cc2Nc2ccncc2C(=O)N2CCC(O)C1C2. The molecular weight excluding hydrogens is 431 g/mol. The van der Waals surface area contributed by atoms with E-state index in [1.807, 2.05) is 6.92 Å². The molecule has 6 nitrogen and oxygen atoms in total. The van der Waals surface area contributed by atoms with Crippen LogP contribution in [0, 0.1) is 11.7 Å². The highest BCUT2D eigenvalue weighted by atomic mass is 35.5. The van der Waals surface area contributed by atoms with Crippen LogP contribution in [0.15, 0.2) is 48.9 Å². The van der Waals surface area contributed by atoms with Gasteiger partial charge in [0.05, 0.1) is 23.0 Å². The van der Waals surface area contributed by atoms with Crippen LogP contribution in [-0.2, 0) is 0 Å². The number of aliphatic hydroxyl groups is 1. The number of aliphatic hydroxyl groups excluding tert-OH is 1. The summed E-state index contributed by atoms with van der Waals surface area (Å²) in [5, 5.41) is 14.5. The van der Waals surface area contributed by atoms with E-state index in [2.05, 4.69) is 15.3 Å². The van der Waals surface area contributed by atoms with E-state index in [0.717, 1.165) is 5.56 Å². The van der Waals surface area contributed by atoms with Gasteiger partial charge in [0.25, 0.3) is 5.91 Å². The van der Waals surface area contributed by atoms with Crippen LogP contribution >= 0.6 is 11.6 Å². The summed E-state index contributed by atoms with van der Waals surface area (Å²) in [4.78, 5) is 23.7. The average molecular weight is 453 g/mol. The first-order valence-corrected chi connectivity index (χ1v) is 10.9. The van der Waals surface area contributed by atoms with Crippen LogP contribution in [0.5, 0.6) is 0 Å². The molecule has 8 heteroatoms. The third-order valence-corrected chi connectivity index (χ3v) is 6.74. The van der Waals surface area contributed by atoms with E-state index in [1.54, 1.807) is 41.7 Å². The lowest BCUT2D eigenvalue weighted by Gasteiger charge is -2.40. The van der Waals surface area contributed by atoms with Crippen molar-refractivity contribution in [2.45, 2.75) is 25.4 Å². The van der Waals surface area contributed by atoms with E-state index in [9.17, 15) is 14.3 Å². The number of piperidine rings is 1. The first-order valence-electron chi connectivity index (χ1n) is 10.6. The fraction of sp³-hybridized carbons (Fsp3) is 0.292. The number of nitrogens with one attached hydrogen (secondary N) is 1. The van der Waals surface area contributed by atoms with Crippen molar-refractivity contribution in [2.75, 3.05) is 18.4 Å². The van der Waals surface area contributed by atoms with Gasteiger partial charge in [0.2, 0.25) is 0 Å². The molecule has 2 aliphatic rings. The summed E-state index contributed by atoms with van der Waals surface area (Å²) in [5.74, 6) is -0.782. The van der Waals surface area contributed by atoms with Crippen molar-refractivity contribution < 1.29 is 14.3 Å². The van der Waals surface area contributed by atoms with Gasteiger partial charge in [0.15, 0.2) is 0 Å². The van der Waals surface area contributed by atoms with Crippen molar-refractivity contribution in [3.63, 3.8) is 0 Å². The summed E-state index contributed by atoms with van der Waals surface area (Å²) in [6.07, 6.45) is 4.88. The predicted octanol–water partition coefficient (Wildman–Crippen LogP) is 4.62. The molecule has 0 radical (unpaired) electrons. The van der Waals surface area contributed by atoms with Crippen LogP contribution in [0.25, 0.3) is 11.3 Å². The van der Waals surface area contributed by atoms with E-state index in [-0.39, 0.29) is 17.7 Å². The Kier molecular flexibility index (Phi) is 5.31. The largest absolute Gasteiger partial charge is 0.393 e. The number of pyridine rings is 2. The van der Waals surface area contributed by atoms with Gasteiger partial charge in [0.1, 0.15) is 5.82 Å². The molecule has 1 aromatic carbocycles. The number of carbonyl (C=O) groups excluding carboxylic acids is 1. The maximum atomic E-state index is 14.5. The number of nitrogens with zero attached hydrogens (tertiary/aromatic N) is 3. The normalized spacial score (nSPS) is 22.6. The molecule has 1 fully saturated rings. The second-order valence-electron chi connectivity index (χ2n) is 8.39. The van der Waals surface area contributed by atoms with Gasteiger partial charge in [-0.3, -0.25) is 14.8 Å². The van der Waals surface area contributed by atoms with Gasteiger partial charge >= 0.3 is 0 Å². The molecule has 0 spiro atoms. The van der Waals surface area contributed by atoms with Crippen LogP contribution in [0.2, 0.25) is 5.02 Å². The summed E-state index contributed by atoms with van der Waals surface area (Å²) >= 11 is 6.09. The van der Waals surface area contributed by atoms with E-state index in [4.69, 9.17) is 11.6 Å². The van der Waals surface area contributed by atoms with Crippen molar-refractivity contribution in [3.05, 3.63) is 70.9 Å². The van der Waals surface area contributed by atoms with Gasteiger partial charge in [0, 0.05) is 53.9 Å². The molecule has 3 unspecified atom stereocenters. The van der Waals surface area contributed by atoms with Crippen LogP contribution in [0.3, 0.4) is 0 Å². The molecule has 2 aliphatic heterocycles. The summed E-state index contributed by atoms with van der Waals surface area (Å²) in [6.45, 7) is 2.97. The number of hydrogen-bond acceptors (Lipinski definition) is 5. The molecule has 1 saturated heterocycles. The van der Waals surface area contributed by atoms with Gasteiger partial charge in [-0.05, 0) is 48.2 Å². The van der Waals surface area contributed by atoms with E-state index < -0.39 is 11.9 Å². The number of hydrogen-bond donors (Lipinski definition) is 2. The van der Waals surface area contributed by atoms with Crippen LogP contribution in [0.4, 0.5) is 15.8 Å². The molecule has 2 N–H and O–H groups in total. The topological polar surface area (TPSA) is 78.4 Å². The zero-order chi connectivity index (χ0) is 22.4. The molecule has 3 atom stereocenters. The number of halogens is 2. The Balaban J connectivity index is 1.68. The monoisotopic (exact) mass is 452 g/mol. The Hall–Kier alpha value is -3.03. The fourth-order valence-electron chi connectivity index (χ4n) is 4.64. The summed E-state index contributed by atoms with van der Waals surface area (Å²) in [7, 11) is 0. The van der Waals surface area contributed by atoms with Crippen LogP contribution < -0.4 is 5.32 Å². The lowest BCUT2D eigenvalue weighted by Crippen LogP contribution is -2.48. The zero-order valence-electron chi connectivity index (χ0n) is 17.4.